The number of hydrogen-bond acceptors (Lipinski definition) is 5. The lowest BCUT2D eigenvalue weighted by atomic mass is 9.95. The number of ether oxygens (including phenoxy) is 3. The molecule has 0 spiro atoms. The van der Waals surface area contributed by atoms with Crippen molar-refractivity contribution < 1.29 is 19.0 Å². The summed E-state index contributed by atoms with van der Waals surface area (Å²) in [5.41, 5.74) is 1.23. The maximum atomic E-state index is 12.2. The van der Waals surface area contributed by atoms with Crippen LogP contribution in [0.15, 0.2) is 24.3 Å². The van der Waals surface area contributed by atoms with E-state index in [9.17, 15) is 4.79 Å². The van der Waals surface area contributed by atoms with Crippen LogP contribution in [-0.4, -0.2) is 76.4 Å². The topological polar surface area (TPSA) is 51.2 Å². The number of amides is 1. The molecule has 1 aromatic carbocycles. The normalized spacial score (nSPS) is 15.8. The molecule has 1 aromatic rings. The first-order valence-electron chi connectivity index (χ1n) is 9.27. The van der Waals surface area contributed by atoms with Gasteiger partial charge in [-0.15, -0.1) is 0 Å². The molecular weight excluding hydrogens is 332 g/mol. The zero-order chi connectivity index (χ0) is 18.8. The second kappa shape index (κ2) is 11.2. The van der Waals surface area contributed by atoms with Gasteiger partial charge >= 0.3 is 0 Å². The van der Waals surface area contributed by atoms with Crippen molar-refractivity contribution in [1.29, 1.82) is 0 Å². The molecule has 1 aliphatic heterocycles. The Morgan fingerprint density at radius 3 is 2.54 bits per heavy atom. The predicted molar refractivity (Wildman–Crippen MR) is 101 cm³/mol. The number of methoxy groups -OCH3 is 3. The molecule has 0 atom stereocenters. The van der Waals surface area contributed by atoms with E-state index in [0.29, 0.717) is 19.1 Å². The second-order valence-corrected chi connectivity index (χ2v) is 6.80. The molecule has 1 saturated heterocycles. The Balaban J connectivity index is 1.83. The van der Waals surface area contributed by atoms with Crippen LogP contribution in [-0.2, 0) is 20.8 Å². The van der Waals surface area contributed by atoms with E-state index >= 15 is 0 Å². The summed E-state index contributed by atoms with van der Waals surface area (Å²) in [4.78, 5) is 16.6. The Morgan fingerprint density at radius 2 is 1.88 bits per heavy atom. The molecular formula is C20H32N2O4. The fraction of sp³-hybridized carbons (Fsp3) is 0.650. The average molecular weight is 364 g/mol. The first-order chi connectivity index (χ1) is 12.7. The summed E-state index contributed by atoms with van der Waals surface area (Å²) in [6, 6.07) is 8.19. The van der Waals surface area contributed by atoms with Gasteiger partial charge < -0.3 is 19.1 Å². The van der Waals surface area contributed by atoms with Gasteiger partial charge in [0.25, 0.3) is 0 Å². The van der Waals surface area contributed by atoms with Gasteiger partial charge in [0.2, 0.25) is 5.91 Å². The van der Waals surface area contributed by atoms with E-state index in [2.05, 4.69) is 17.0 Å². The summed E-state index contributed by atoms with van der Waals surface area (Å²) >= 11 is 0. The number of nitrogens with zero attached hydrogens (tertiary/aromatic N) is 2. The molecule has 146 valence electrons. The fourth-order valence-corrected chi connectivity index (χ4v) is 3.45. The first kappa shape index (κ1) is 20.7. The number of carbonyl (C=O) groups is 1. The highest BCUT2D eigenvalue weighted by molar-refractivity contribution is 5.77. The SMILES string of the molecule is COCCN(CC1CCN(Cc2ccccc2OC)CC1)C(=O)COC. The molecule has 0 aromatic heterocycles. The van der Waals surface area contributed by atoms with Gasteiger partial charge in [0.05, 0.1) is 13.7 Å². The summed E-state index contributed by atoms with van der Waals surface area (Å²) in [5.74, 6) is 1.52. The number of carbonyl (C=O) groups excluding carboxylic acids is 1. The van der Waals surface area contributed by atoms with Gasteiger partial charge in [0, 0.05) is 39.4 Å². The minimum Gasteiger partial charge on any atom is -0.496 e. The van der Waals surface area contributed by atoms with Gasteiger partial charge in [-0.1, -0.05) is 18.2 Å². The third-order valence-electron chi connectivity index (χ3n) is 4.96. The van der Waals surface area contributed by atoms with Gasteiger partial charge in [-0.3, -0.25) is 9.69 Å². The van der Waals surface area contributed by atoms with Crippen molar-refractivity contribution in [1.82, 2.24) is 9.80 Å². The molecule has 2 rings (SSSR count). The molecule has 26 heavy (non-hydrogen) atoms. The number of likely N-dealkylation sites (tertiary alicyclic amines) is 1. The number of benzene rings is 1. The van der Waals surface area contributed by atoms with Crippen molar-refractivity contribution in [2.75, 3.05) is 60.7 Å². The van der Waals surface area contributed by atoms with Crippen molar-refractivity contribution in [3.8, 4) is 5.75 Å². The molecule has 0 N–H and O–H groups in total. The predicted octanol–water partition coefficient (Wildman–Crippen LogP) is 2.03. The smallest absolute Gasteiger partial charge is 0.248 e. The zero-order valence-corrected chi connectivity index (χ0v) is 16.3. The van der Waals surface area contributed by atoms with Gasteiger partial charge in [-0.05, 0) is 37.9 Å². The van der Waals surface area contributed by atoms with Crippen LogP contribution < -0.4 is 4.74 Å². The molecule has 1 heterocycles. The van der Waals surface area contributed by atoms with Crippen molar-refractivity contribution in [3.63, 3.8) is 0 Å². The van der Waals surface area contributed by atoms with Crippen molar-refractivity contribution in [2.24, 2.45) is 5.92 Å². The van der Waals surface area contributed by atoms with Crippen molar-refractivity contribution in [2.45, 2.75) is 19.4 Å². The number of para-hydroxylation sites is 1. The van der Waals surface area contributed by atoms with Gasteiger partial charge in [0.1, 0.15) is 12.4 Å². The Hall–Kier alpha value is -1.63. The highest BCUT2D eigenvalue weighted by Gasteiger charge is 2.24. The maximum Gasteiger partial charge on any atom is 0.248 e. The molecule has 1 aliphatic rings. The largest absolute Gasteiger partial charge is 0.496 e. The lowest BCUT2D eigenvalue weighted by molar-refractivity contribution is -0.136. The van der Waals surface area contributed by atoms with Gasteiger partial charge in [-0.2, -0.15) is 0 Å². The second-order valence-electron chi connectivity index (χ2n) is 6.80. The minimum absolute atomic E-state index is 0.0426. The van der Waals surface area contributed by atoms with E-state index in [1.54, 1.807) is 21.3 Å². The third-order valence-corrected chi connectivity index (χ3v) is 4.96. The summed E-state index contributed by atoms with van der Waals surface area (Å²) in [7, 11) is 4.94. The van der Waals surface area contributed by atoms with Crippen LogP contribution in [0.4, 0.5) is 0 Å². The van der Waals surface area contributed by atoms with Crippen LogP contribution in [0, 0.1) is 5.92 Å². The van der Waals surface area contributed by atoms with E-state index in [0.717, 1.165) is 44.8 Å². The van der Waals surface area contributed by atoms with E-state index in [1.807, 2.05) is 17.0 Å². The Labute approximate surface area is 157 Å². The van der Waals surface area contributed by atoms with Crippen molar-refractivity contribution >= 4 is 5.91 Å². The lowest BCUT2D eigenvalue weighted by Gasteiger charge is -2.35. The summed E-state index contributed by atoms with van der Waals surface area (Å²) in [5, 5.41) is 0. The highest BCUT2D eigenvalue weighted by atomic mass is 16.5. The highest BCUT2D eigenvalue weighted by Crippen LogP contribution is 2.24. The van der Waals surface area contributed by atoms with E-state index in [1.165, 1.54) is 5.56 Å². The van der Waals surface area contributed by atoms with Gasteiger partial charge in [-0.25, -0.2) is 0 Å². The monoisotopic (exact) mass is 364 g/mol. The Morgan fingerprint density at radius 1 is 1.15 bits per heavy atom. The molecule has 6 heteroatoms. The molecule has 0 aliphatic carbocycles. The maximum absolute atomic E-state index is 12.2. The average Bonchev–Trinajstić information content (AvgIpc) is 2.67. The molecule has 0 bridgehead atoms. The molecule has 6 nitrogen and oxygen atoms in total. The van der Waals surface area contributed by atoms with Crippen LogP contribution in [0.2, 0.25) is 0 Å². The standard InChI is InChI=1S/C20H32N2O4/c1-24-13-12-22(20(23)16-25-2)14-17-8-10-21(11-9-17)15-18-6-4-5-7-19(18)26-3/h4-7,17H,8-16H2,1-3H3. The minimum atomic E-state index is 0.0426. The molecule has 1 amide bonds. The summed E-state index contributed by atoms with van der Waals surface area (Å²) < 4.78 is 15.6. The fourth-order valence-electron chi connectivity index (χ4n) is 3.45. The van der Waals surface area contributed by atoms with E-state index in [4.69, 9.17) is 14.2 Å². The van der Waals surface area contributed by atoms with E-state index < -0.39 is 0 Å². The molecule has 0 unspecified atom stereocenters. The Bertz CT molecular complexity index is 544. The van der Waals surface area contributed by atoms with Crippen LogP contribution in [0.5, 0.6) is 5.75 Å². The molecule has 0 radical (unpaired) electrons. The van der Waals surface area contributed by atoms with Crippen LogP contribution in [0.1, 0.15) is 18.4 Å². The molecule has 0 saturated carbocycles. The first-order valence-corrected chi connectivity index (χ1v) is 9.27. The van der Waals surface area contributed by atoms with E-state index in [-0.39, 0.29) is 12.5 Å². The molecule has 1 fully saturated rings. The van der Waals surface area contributed by atoms with Crippen LogP contribution >= 0.6 is 0 Å². The van der Waals surface area contributed by atoms with Gasteiger partial charge in [0.15, 0.2) is 0 Å². The van der Waals surface area contributed by atoms with Crippen LogP contribution in [0.25, 0.3) is 0 Å². The zero-order valence-electron chi connectivity index (χ0n) is 16.3. The quantitative estimate of drug-likeness (QED) is 0.636. The number of rotatable bonds is 10. The summed E-state index contributed by atoms with van der Waals surface area (Å²) in [6.45, 7) is 5.10. The summed E-state index contributed by atoms with van der Waals surface area (Å²) in [6.07, 6.45) is 2.19. The van der Waals surface area contributed by atoms with Crippen molar-refractivity contribution in [3.05, 3.63) is 29.8 Å². The number of hydrogen-bond donors (Lipinski definition) is 0. The lowest BCUT2D eigenvalue weighted by Crippen LogP contribution is -2.43. The Kier molecular flexibility index (Phi) is 8.88. The number of piperidine rings is 1. The third kappa shape index (κ3) is 6.27. The van der Waals surface area contributed by atoms with Crippen LogP contribution in [0.3, 0.4) is 0 Å².